The average Bonchev–Trinajstić information content (AvgIpc) is 3.14. The van der Waals surface area contributed by atoms with Gasteiger partial charge in [-0.2, -0.15) is 10.2 Å². The smallest absolute Gasteiger partial charge is 0.325 e. The number of carboxylic acid groups (broad SMARTS) is 1. The number of nitrogens with one attached hydrogen (secondary N) is 1. The number of benzene rings is 1. The number of hydrogen-bond acceptors (Lipinski definition) is 4. The molecule has 0 aliphatic heterocycles. The van der Waals surface area contributed by atoms with Crippen LogP contribution in [0.4, 0.5) is 5.69 Å². The third kappa shape index (κ3) is 4.05. The molecule has 3 rings (SSSR count). The summed E-state index contributed by atoms with van der Waals surface area (Å²) in [6, 6.07) is 9.66. The van der Waals surface area contributed by atoms with Gasteiger partial charge in [-0.1, -0.05) is 29.8 Å². The second kappa shape index (κ2) is 7.45. The molecule has 3 aromatic rings. The lowest BCUT2D eigenvalue weighted by Gasteiger charge is -2.08. The molecule has 0 atom stereocenters. The fourth-order valence-corrected chi connectivity index (χ4v) is 2.97. The lowest BCUT2D eigenvalue weighted by Crippen LogP contribution is -2.21. The van der Waals surface area contributed by atoms with E-state index in [1.54, 1.807) is 0 Å². The number of aromatic nitrogens is 4. The number of aliphatic carboxylic acids is 1. The topological polar surface area (TPSA) is 102 Å². The highest BCUT2D eigenvalue weighted by molar-refractivity contribution is 6.03. The molecule has 0 saturated carbocycles. The molecule has 0 aliphatic carbocycles. The van der Waals surface area contributed by atoms with Crippen molar-refractivity contribution >= 4 is 17.6 Å². The second-order valence-electron chi connectivity index (χ2n) is 6.41. The van der Waals surface area contributed by atoms with Gasteiger partial charge in [-0.25, -0.2) is 4.68 Å². The summed E-state index contributed by atoms with van der Waals surface area (Å²) in [4.78, 5) is 23.5. The van der Waals surface area contributed by atoms with Crippen molar-refractivity contribution in [2.24, 2.45) is 0 Å². The summed E-state index contributed by atoms with van der Waals surface area (Å²) >= 11 is 0. The van der Waals surface area contributed by atoms with Gasteiger partial charge in [0.05, 0.1) is 23.6 Å². The van der Waals surface area contributed by atoms with Crippen LogP contribution in [-0.2, 0) is 17.9 Å². The number of carboxylic acids is 1. The Labute approximate surface area is 156 Å². The van der Waals surface area contributed by atoms with Crippen molar-refractivity contribution in [1.29, 1.82) is 0 Å². The first-order chi connectivity index (χ1) is 12.8. The van der Waals surface area contributed by atoms with Crippen LogP contribution in [0.25, 0.3) is 0 Å². The Balaban J connectivity index is 1.82. The fraction of sp³-hybridized carbons (Fsp3) is 0.263. The predicted octanol–water partition coefficient (Wildman–Crippen LogP) is 2.39. The van der Waals surface area contributed by atoms with Crippen LogP contribution < -0.4 is 5.32 Å². The van der Waals surface area contributed by atoms with Gasteiger partial charge in [-0.3, -0.25) is 14.3 Å². The molecule has 2 heterocycles. The van der Waals surface area contributed by atoms with Gasteiger partial charge in [0, 0.05) is 6.20 Å². The Kier molecular flexibility index (Phi) is 5.07. The highest BCUT2D eigenvalue weighted by Gasteiger charge is 2.19. The van der Waals surface area contributed by atoms with Crippen molar-refractivity contribution in [3.8, 4) is 0 Å². The molecule has 27 heavy (non-hydrogen) atoms. The molecule has 2 aromatic heterocycles. The minimum absolute atomic E-state index is 0.183. The molecule has 0 spiro atoms. The molecule has 0 aliphatic rings. The van der Waals surface area contributed by atoms with E-state index in [0.717, 1.165) is 15.9 Å². The summed E-state index contributed by atoms with van der Waals surface area (Å²) in [7, 11) is 0. The highest BCUT2D eigenvalue weighted by Crippen LogP contribution is 2.21. The van der Waals surface area contributed by atoms with Gasteiger partial charge < -0.3 is 10.4 Å². The van der Waals surface area contributed by atoms with Crippen molar-refractivity contribution in [3.05, 3.63) is 64.7 Å². The maximum atomic E-state index is 12.6. The normalized spacial score (nSPS) is 10.8. The number of aryl methyl sites for hydroxylation is 2. The third-order valence-corrected chi connectivity index (χ3v) is 4.27. The average molecular weight is 367 g/mol. The summed E-state index contributed by atoms with van der Waals surface area (Å²) in [5, 5.41) is 20.2. The van der Waals surface area contributed by atoms with Gasteiger partial charge in [0.2, 0.25) is 0 Å². The molecular formula is C19H21N5O3. The quantitative estimate of drug-likeness (QED) is 0.696. The van der Waals surface area contributed by atoms with Crippen molar-refractivity contribution in [2.45, 2.75) is 33.9 Å². The lowest BCUT2D eigenvalue weighted by atomic mass is 10.1. The number of amides is 1. The number of hydrogen-bond donors (Lipinski definition) is 2. The Morgan fingerprint density at radius 3 is 2.63 bits per heavy atom. The van der Waals surface area contributed by atoms with Gasteiger partial charge in [0.1, 0.15) is 12.2 Å². The van der Waals surface area contributed by atoms with Gasteiger partial charge >= 0.3 is 5.97 Å². The Bertz CT molecular complexity index is 1000. The van der Waals surface area contributed by atoms with Gasteiger partial charge in [-0.15, -0.1) is 0 Å². The molecule has 0 unspecified atom stereocenters. The monoisotopic (exact) mass is 367 g/mol. The molecule has 8 nitrogen and oxygen atoms in total. The zero-order valence-corrected chi connectivity index (χ0v) is 15.4. The van der Waals surface area contributed by atoms with Crippen LogP contribution in [0.3, 0.4) is 0 Å². The second-order valence-corrected chi connectivity index (χ2v) is 6.41. The van der Waals surface area contributed by atoms with Crippen LogP contribution in [0.15, 0.2) is 36.5 Å². The molecule has 0 saturated heterocycles. The largest absolute Gasteiger partial charge is 0.480 e. The standard InChI is InChI=1S/C19H21N5O3/c1-12-5-4-6-15(9-12)10-23-14(3)18(13(2)22-23)21-19(27)16-7-8-20-24(16)11-17(25)26/h4-9H,10-11H2,1-3H3,(H,21,27)(H,25,26). The molecule has 1 aromatic carbocycles. The SMILES string of the molecule is Cc1cccc(Cn2nc(C)c(NC(=O)c3ccnn3CC(=O)O)c2C)c1. The van der Waals surface area contributed by atoms with Crippen molar-refractivity contribution < 1.29 is 14.7 Å². The number of carbonyl (C=O) groups is 2. The van der Waals surface area contributed by atoms with Crippen LogP contribution >= 0.6 is 0 Å². The first kappa shape index (κ1) is 18.4. The van der Waals surface area contributed by atoms with Gasteiger partial charge in [0.15, 0.2) is 0 Å². The van der Waals surface area contributed by atoms with Crippen LogP contribution in [-0.4, -0.2) is 36.5 Å². The highest BCUT2D eigenvalue weighted by atomic mass is 16.4. The first-order valence-electron chi connectivity index (χ1n) is 8.49. The van der Waals surface area contributed by atoms with Crippen molar-refractivity contribution in [3.63, 3.8) is 0 Å². The van der Waals surface area contributed by atoms with Crippen LogP contribution in [0.2, 0.25) is 0 Å². The summed E-state index contributed by atoms with van der Waals surface area (Å²) < 4.78 is 2.99. The van der Waals surface area contributed by atoms with E-state index in [9.17, 15) is 9.59 Å². The summed E-state index contributed by atoms with van der Waals surface area (Å²) in [6.07, 6.45) is 1.40. The molecule has 2 N–H and O–H groups in total. The number of carbonyl (C=O) groups excluding carboxylic acids is 1. The zero-order valence-electron chi connectivity index (χ0n) is 15.4. The third-order valence-electron chi connectivity index (χ3n) is 4.27. The van der Waals surface area contributed by atoms with Crippen molar-refractivity contribution in [2.75, 3.05) is 5.32 Å². The first-order valence-corrected chi connectivity index (χ1v) is 8.49. The van der Waals surface area contributed by atoms with Gasteiger partial charge in [0.25, 0.3) is 5.91 Å². The lowest BCUT2D eigenvalue weighted by molar-refractivity contribution is -0.137. The Morgan fingerprint density at radius 2 is 1.93 bits per heavy atom. The molecule has 0 bridgehead atoms. The van der Waals surface area contributed by atoms with E-state index in [1.165, 1.54) is 17.8 Å². The predicted molar refractivity (Wildman–Crippen MR) is 99.8 cm³/mol. The molecule has 140 valence electrons. The van der Waals surface area contributed by atoms with Crippen molar-refractivity contribution in [1.82, 2.24) is 19.6 Å². The van der Waals surface area contributed by atoms with Crippen LogP contribution in [0, 0.1) is 20.8 Å². The minimum atomic E-state index is -1.06. The number of anilines is 1. The summed E-state index contributed by atoms with van der Waals surface area (Å²) in [5.74, 6) is -1.49. The van der Waals surface area contributed by atoms with Gasteiger partial charge in [-0.05, 0) is 32.4 Å². The summed E-state index contributed by atoms with van der Waals surface area (Å²) in [6.45, 7) is 5.97. The van der Waals surface area contributed by atoms with E-state index in [-0.39, 0.29) is 12.2 Å². The fourth-order valence-electron chi connectivity index (χ4n) is 2.97. The van der Waals surface area contributed by atoms with E-state index >= 15 is 0 Å². The Morgan fingerprint density at radius 1 is 1.15 bits per heavy atom. The molecule has 0 radical (unpaired) electrons. The molecular weight excluding hydrogens is 346 g/mol. The van der Waals surface area contributed by atoms with E-state index in [0.29, 0.717) is 17.9 Å². The zero-order chi connectivity index (χ0) is 19.6. The molecule has 8 heteroatoms. The maximum Gasteiger partial charge on any atom is 0.325 e. The number of nitrogens with zero attached hydrogens (tertiary/aromatic N) is 4. The minimum Gasteiger partial charge on any atom is -0.480 e. The summed E-state index contributed by atoms with van der Waals surface area (Å²) in [5.41, 5.74) is 4.62. The van der Waals surface area contributed by atoms with E-state index in [1.807, 2.05) is 43.7 Å². The van der Waals surface area contributed by atoms with Crippen LogP contribution in [0.1, 0.15) is 33.0 Å². The molecule has 0 fully saturated rings. The van der Waals surface area contributed by atoms with Crippen LogP contribution in [0.5, 0.6) is 0 Å². The maximum absolute atomic E-state index is 12.6. The van der Waals surface area contributed by atoms with E-state index < -0.39 is 11.9 Å². The van der Waals surface area contributed by atoms with E-state index in [4.69, 9.17) is 5.11 Å². The molecule has 1 amide bonds. The Hall–Kier alpha value is -3.42. The van der Waals surface area contributed by atoms with E-state index in [2.05, 4.69) is 21.6 Å². The number of rotatable bonds is 6.